The van der Waals surface area contributed by atoms with Crippen molar-refractivity contribution in [2.45, 2.75) is 52.6 Å². The number of hydrogen-bond acceptors (Lipinski definition) is 4. The van der Waals surface area contributed by atoms with Crippen molar-refractivity contribution in [3.05, 3.63) is 22.4 Å². The Balaban J connectivity index is 2.43. The van der Waals surface area contributed by atoms with Crippen molar-refractivity contribution in [3.63, 3.8) is 0 Å². The second kappa shape index (κ2) is 9.94. The summed E-state index contributed by atoms with van der Waals surface area (Å²) in [7, 11) is 0. The highest BCUT2D eigenvalue weighted by atomic mass is 32.1. The molecular weight excluding hydrogens is 270 g/mol. The molecule has 0 aliphatic heterocycles. The van der Waals surface area contributed by atoms with E-state index in [1.807, 2.05) is 17.5 Å². The van der Waals surface area contributed by atoms with Crippen molar-refractivity contribution < 1.29 is 9.53 Å². The van der Waals surface area contributed by atoms with Crippen LogP contribution in [0.2, 0.25) is 0 Å². The third kappa shape index (κ3) is 6.53. The van der Waals surface area contributed by atoms with Crippen LogP contribution in [0.3, 0.4) is 0 Å². The number of nitrogens with zero attached hydrogens (tertiary/aromatic N) is 1. The van der Waals surface area contributed by atoms with E-state index in [0.717, 1.165) is 37.4 Å². The second-order valence-electron chi connectivity index (χ2n) is 5.10. The summed E-state index contributed by atoms with van der Waals surface area (Å²) in [5, 5.41) is 2.03. The zero-order valence-electron chi connectivity index (χ0n) is 12.9. The molecule has 1 atom stereocenters. The van der Waals surface area contributed by atoms with Crippen LogP contribution in [-0.4, -0.2) is 30.5 Å². The number of esters is 1. The largest absolute Gasteiger partial charge is 0.457 e. The van der Waals surface area contributed by atoms with Gasteiger partial charge >= 0.3 is 5.97 Å². The summed E-state index contributed by atoms with van der Waals surface area (Å²) in [4.78, 5) is 14.9. The Morgan fingerprint density at radius 1 is 1.30 bits per heavy atom. The molecule has 0 aliphatic rings. The average molecular weight is 297 g/mol. The predicted molar refractivity (Wildman–Crippen MR) is 85.1 cm³/mol. The Bertz CT molecular complexity index is 359. The van der Waals surface area contributed by atoms with E-state index >= 15 is 0 Å². The van der Waals surface area contributed by atoms with Gasteiger partial charge in [0.25, 0.3) is 0 Å². The Morgan fingerprint density at radius 2 is 2.00 bits per heavy atom. The SMILES string of the molecule is CCCN(CCC)CCC[C@H](OC(C)=O)c1cccs1. The minimum absolute atomic E-state index is 0.0717. The van der Waals surface area contributed by atoms with E-state index in [4.69, 9.17) is 4.74 Å². The maximum atomic E-state index is 11.2. The van der Waals surface area contributed by atoms with Crippen molar-refractivity contribution >= 4 is 17.3 Å². The lowest BCUT2D eigenvalue weighted by atomic mass is 10.1. The van der Waals surface area contributed by atoms with Gasteiger partial charge < -0.3 is 9.64 Å². The first-order valence-corrected chi connectivity index (χ1v) is 8.48. The molecular formula is C16H27NO2S. The van der Waals surface area contributed by atoms with Crippen LogP contribution in [0.4, 0.5) is 0 Å². The van der Waals surface area contributed by atoms with Crippen LogP contribution in [-0.2, 0) is 9.53 Å². The third-order valence-corrected chi connectivity index (χ3v) is 4.15. The fourth-order valence-corrected chi connectivity index (χ4v) is 3.19. The van der Waals surface area contributed by atoms with Gasteiger partial charge in [-0.2, -0.15) is 0 Å². The van der Waals surface area contributed by atoms with E-state index in [1.54, 1.807) is 11.3 Å². The van der Waals surface area contributed by atoms with Gasteiger partial charge in [-0.15, -0.1) is 11.3 Å². The van der Waals surface area contributed by atoms with Crippen LogP contribution in [0.15, 0.2) is 17.5 Å². The Kier molecular flexibility index (Phi) is 8.54. The minimum atomic E-state index is -0.192. The van der Waals surface area contributed by atoms with Gasteiger partial charge in [0, 0.05) is 11.8 Å². The van der Waals surface area contributed by atoms with E-state index in [0.29, 0.717) is 0 Å². The van der Waals surface area contributed by atoms with Gasteiger partial charge in [0.05, 0.1) is 0 Å². The summed E-state index contributed by atoms with van der Waals surface area (Å²) in [6.07, 6.45) is 4.29. The van der Waals surface area contributed by atoms with Crippen molar-refractivity contribution in [2.24, 2.45) is 0 Å². The van der Waals surface area contributed by atoms with E-state index in [-0.39, 0.29) is 12.1 Å². The molecule has 0 spiro atoms. The molecule has 3 nitrogen and oxygen atoms in total. The van der Waals surface area contributed by atoms with Gasteiger partial charge in [0.2, 0.25) is 0 Å². The molecule has 0 unspecified atom stereocenters. The van der Waals surface area contributed by atoms with Gasteiger partial charge in [0.15, 0.2) is 0 Å². The highest BCUT2D eigenvalue weighted by molar-refractivity contribution is 7.10. The number of carbonyl (C=O) groups excluding carboxylic acids is 1. The van der Waals surface area contributed by atoms with Crippen molar-refractivity contribution in [2.75, 3.05) is 19.6 Å². The van der Waals surface area contributed by atoms with Gasteiger partial charge in [0.1, 0.15) is 6.10 Å². The van der Waals surface area contributed by atoms with Gasteiger partial charge in [-0.3, -0.25) is 4.79 Å². The first-order valence-electron chi connectivity index (χ1n) is 7.60. The lowest BCUT2D eigenvalue weighted by Crippen LogP contribution is -2.27. The van der Waals surface area contributed by atoms with Gasteiger partial charge in [-0.1, -0.05) is 19.9 Å². The Hall–Kier alpha value is -0.870. The molecule has 0 amide bonds. The monoisotopic (exact) mass is 297 g/mol. The maximum absolute atomic E-state index is 11.2. The number of rotatable bonds is 10. The molecule has 0 radical (unpaired) electrons. The maximum Gasteiger partial charge on any atom is 0.303 e. The first-order chi connectivity index (χ1) is 9.67. The fraction of sp³-hybridized carbons (Fsp3) is 0.688. The fourth-order valence-electron chi connectivity index (χ4n) is 2.40. The van der Waals surface area contributed by atoms with E-state index in [9.17, 15) is 4.79 Å². The first kappa shape index (κ1) is 17.2. The molecule has 1 rings (SSSR count). The Morgan fingerprint density at radius 3 is 2.50 bits per heavy atom. The summed E-state index contributed by atoms with van der Waals surface area (Å²) in [6, 6.07) is 4.06. The molecule has 0 saturated carbocycles. The number of thiophene rings is 1. The van der Waals surface area contributed by atoms with Crippen LogP contribution in [0.5, 0.6) is 0 Å². The molecule has 0 aliphatic carbocycles. The second-order valence-corrected chi connectivity index (χ2v) is 6.08. The quantitative estimate of drug-likeness (QED) is 0.604. The molecule has 0 fully saturated rings. The molecule has 1 aromatic heterocycles. The zero-order valence-corrected chi connectivity index (χ0v) is 13.7. The normalized spacial score (nSPS) is 12.6. The predicted octanol–water partition coefficient (Wildman–Crippen LogP) is 4.25. The lowest BCUT2D eigenvalue weighted by Gasteiger charge is -2.22. The summed E-state index contributed by atoms with van der Waals surface area (Å²) >= 11 is 1.66. The van der Waals surface area contributed by atoms with Crippen LogP contribution in [0.25, 0.3) is 0 Å². The topological polar surface area (TPSA) is 29.5 Å². The molecule has 0 saturated heterocycles. The standard InChI is InChI=1S/C16H27NO2S/c1-4-10-17(11-5-2)12-6-8-15(19-14(3)18)16-9-7-13-20-16/h7,9,13,15H,4-6,8,10-12H2,1-3H3/t15-/m0/s1. The molecule has 0 bridgehead atoms. The molecule has 1 aromatic rings. The summed E-state index contributed by atoms with van der Waals surface area (Å²) in [6.45, 7) is 9.33. The Labute approximate surface area is 126 Å². The average Bonchev–Trinajstić information content (AvgIpc) is 2.91. The minimum Gasteiger partial charge on any atom is -0.457 e. The van der Waals surface area contributed by atoms with Gasteiger partial charge in [-0.25, -0.2) is 0 Å². The number of ether oxygens (including phenoxy) is 1. The summed E-state index contributed by atoms with van der Waals surface area (Å²) in [5.41, 5.74) is 0. The third-order valence-electron chi connectivity index (χ3n) is 3.19. The van der Waals surface area contributed by atoms with E-state index in [2.05, 4.69) is 18.7 Å². The summed E-state index contributed by atoms with van der Waals surface area (Å²) in [5.74, 6) is -0.192. The molecule has 1 heterocycles. The van der Waals surface area contributed by atoms with Crippen molar-refractivity contribution in [1.82, 2.24) is 4.90 Å². The molecule has 114 valence electrons. The number of hydrogen-bond donors (Lipinski definition) is 0. The van der Waals surface area contributed by atoms with E-state index < -0.39 is 0 Å². The highest BCUT2D eigenvalue weighted by Gasteiger charge is 2.16. The van der Waals surface area contributed by atoms with Crippen LogP contribution >= 0.6 is 11.3 Å². The van der Waals surface area contributed by atoms with E-state index in [1.165, 1.54) is 19.8 Å². The summed E-state index contributed by atoms with van der Waals surface area (Å²) < 4.78 is 5.45. The van der Waals surface area contributed by atoms with Crippen LogP contribution < -0.4 is 0 Å². The molecule has 0 N–H and O–H groups in total. The molecule has 20 heavy (non-hydrogen) atoms. The van der Waals surface area contributed by atoms with Crippen LogP contribution in [0.1, 0.15) is 57.4 Å². The van der Waals surface area contributed by atoms with Crippen molar-refractivity contribution in [3.8, 4) is 0 Å². The van der Waals surface area contributed by atoms with Crippen molar-refractivity contribution in [1.29, 1.82) is 0 Å². The zero-order chi connectivity index (χ0) is 14.8. The number of carbonyl (C=O) groups is 1. The molecule has 4 heteroatoms. The molecule has 0 aromatic carbocycles. The highest BCUT2D eigenvalue weighted by Crippen LogP contribution is 2.27. The van der Waals surface area contributed by atoms with Gasteiger partial charge in [-0.05, 0) is 56.8 Å². The van der Waals surface area contributed by atoms with Crippen LogP contribution in [0, 0.1) is 0 Å². The smallest absolute Gasteiger partial charge is 0.303 e. The lowest BCUT2D eigenvalue weighted by molar-refractivity contribution is -0.147.